The van der Waals surface area contributed by atoms with Gasteiger partial charge in [0, 0.05) is 0 Å². The van der Waals surface area contributed by atoms with Gasteiger partial charge in [-0.15, -0.1) is 0 Å². The van der Waals surface area contributed by atoms with Gasteiger partial charge >= 0.3 is 8.60 Å². The molecule has 0 heterocycles. The zero-order valence-electron chi connectivity index (χ0n) is 9.67. The molecule has 4 nitrogen and oxygen atoms in total. The Morgan fingerprint density at radius 2 is 1.60 bits per heavy atom. The van der Waals surface area contributed by atoms with Crippen LogP contribution in [0.2, 0.25) is 0 Å². The summed E-state index contributed by atoms with van der Waals surface area (Å²) in [7, 11) is -2.62. The van der Waals surface area contributed by atoms with Gasteiger partial charge in [-0.05, 0) is 30.6 Å². The molecule has 1 aliphatic carbocycles. The minimum absolute atomic E-state index is 0.0289. The van der Waals surface area contributed by atoms with Crippen molar-refractivity contribution in [2.24, 2.45) is 17.8 Å². The van der Waals surface area contributed by atoms with Crippen LogP contribution in [-0.2, 0) is 0 Å². The molecule has 0 radical (unpaired) electrons. The molecule has 1 rings (SSSR count). The summed E-state index contributed by atoms with van der Waals surface area (Å²) in [4.78, 5) is 21.7. The zero-order chi connectivity index (χ0) is 12.0. The molecule has 0 aliphatic heterocycles. The fourth-order valence-electron chi connectivity index (χ4n) is 2.15. The second kappa shape index (κ2) is 7.53. The van der Waals surface area contributed by atoms with Crippen molar-refractivity contribution in [3.05, 3.63) is 0 Å². The summed E-state index contributed by atoms with van der Waals surface area (Å²) < 4.78 is 0. The third-order valence-electron chi connectivity index (χ3n) is 2.99. The number of hydrogen-bond acceptors (Lipinski definition) is 4. The predicted molar refractivity (Wildman–Crippen MR) is 60.9 cm³/mol. The molecule has 3 unspecified atom stereocenters. The van der Waals surface area contributed by atoms with Crippen molar-refractivity contribution in [3.8, 4) is 0 Å². The molecule has 1 saturated carbocycles. The molecule has 0 saturated heterocycles. The van der Waals surface area contributed by atoms with Crippen molar-refractivity contribution < 1.29 is 19.8 Å². The summed E-state index contributed by atoms with van der Waals surface area (Å²) in [5, 5.41) is 9.71. The Kier molecular flexibility index (Phi) is 7.66. The first kappa shape index (κ1) is 15.3. The summed E-state index contributed by atoms with van der Waals surface area (Å²) in [6, 6.07) is 0. The summed E-state index contributed by atoms with van der Waals surface area (Å²) in [6.07, 6.45) is 3.52. The highest BCUT2D eigenvalue weighted by Gasteiger charge is 2.28. The van der Waals surface area contributed by atoms with Crippen LogP contribution in [0.15, 0.2) is 0 Å². The van der Waals surface area contributed by atoms with Crippen LogP contribution in [0, 0.1) is 17.8 Å². The normalized spacial score (nSPS) is 31.4. The smallest absolute Gasteiger partial charge is 0.324 e. The molecule has 4 N–H and O–H groups in total. The van der Waals surface area contributed by atoms with E-state index in [0.29, 0.717) is 11.8 Å². The minimum atomic E-state index is -2.62. The molecule has 0 aromatic carbocycles. The third kappa shape index (κ3) is 7.20. The van der Waals surface area contributed by atoms with Gasteiger partial charge in [-0.2, -0.15) is 0 Å². The Labute approximate surface area is 93.0 Å². The molecule has 0 amide bonds. The first-order chi connectivity index (χ1) is 6.84. The Morgan fingerprint density at radius 1 is 1.13 bits per heavy atom. The first-order valence-corrected chi connectivity index (χ1v) is 6.59. The summed E-state index contributed by atoms with van der Waals surface area (Å²) in [5.74, 6) is 1.95. The molecule has 0 aromatic heterocycles. The van der Waals surface area contributed by atoms with Gasteiger partial charge in [-0.3, -0.25) is 0 Å². The molecular weight excluding hydrogens is 215 g/mol. The summed E-state index contributed by atoms with van der Waals surface area (Å²) in [5.41, 5.74) is 0. The number of hydrogen-bond donors (Lipinski definition) is 4. The molecule has 15 heavy (non-hydrogen) atoms. The van der Waals surface area contributed by atoms with Gasteiger partial charge in [-0.25, -0.2) is 0 Å². The number of rotatable bonds is 1. The SMILES string of the molecule is CC1CCC(C(C)C)C(O)C1.OP(O)O. The van der Waals surface area contributed by atoms with E-state index in [1.54, 1.807) is 0 Å². The van der Waals surface area contributed by atoms with E-state index in [-0.39, 0.29) is 6.10 Å². The van der Waals surface area contributed by atoms with Gasteiger partial charge in [0.15, 0.2) is 0 Å². The second-order valence-corrected chi connectivity index (χ2v) is 5.20. The van der Waals surface area contributed by atoms with Crippen LogP contribution < -0.4 is 0 Å². The molecule has 0 bridgehead atoms. The van der Waals surface area contributed by atoms with E-state index in [1.807, 2.05) is 0 Å². The predicted octanol–water partition coefficient (Wildman–Crippen LogP) is 1.63. The maximum absolute atomic E-state index is 9.71. The van der Waals surface area contributed by atoms with Gasteiger partial charge in [-0.1, -0.05) is 27.2 Å². The van der Waals surface area contributed by atoms with Crippen molar-refractivity contribution in [2.75, 3.05) is 0 Å². The van der Waals surface area contributed by atoms with Crippen LogP contribution in [0.5, 0.6) is 0 Å². The van der Waals surface area contributed by atoms with Crippen molar-refractivity contribution in [1.29, 1.82) is 0 Å². The Bertz CT molecular complexity index is 161. The van der Waals surface area contributed by atoms with Gasteiger partial charge in [0.25, 0.3) is 0 Å². The number of aliphatic hydroxyl groups is 1. The van der Waals surface area contributed by atoms with Gasteiger partial charge in [0.1, 0.15) is 0 Å². The maximum atomic E-state index is 9.71. The van der Waals surface area contributed by atoms with Gasteiger partial charge in [0.2, 0.25) is 0 Å². The molecule has 3 atom stereocenters. The molecule has 92 valence electrons. The van der Waals surface area contributed by atoms with Crippen molar-refractivity contribution in [1.82, 2.24) is 0 Å². The summed E-state index contributed by atoms with van der Waals surface area (Å²) in [6.45, 7) is 6.66. The Morgan fingerprint density at radius 3 is 1.93 bits per heavy atom. The molecule has 0 aromatic rings. The van der Waals surface area contributed by atoms with E-state index in [4.69, 9.17) is 14.7 Å². The lowest BCUT2D eigenvalue weighted by molar-refractivity contribution is 0.0266. The van der Waals surface area contributed by atoms with Crippen LogP contribution in [0.3, 0.4) is 0 Å². The van der Waals surface area contributed by atoms with Crippen LogP contribution in [0.25, 0.3) is 0 Å². The average molecular weight is 238 g/mol. The van der Waals surface area contributed by atoms with E-state index < -0.39 is 8.60 Å². The highest BCUT2D eigenvalue weighted by atomic mass is 31.2. The quantitative estimate of drug-likeness (QED) is 0.523. The minimum Gasteiger partial charge on any atom is -0.393 e. The molecule has 5 heteroatoms. The fraction of sp³-hybridized carbons (Fsp3) is 1.00. The highest BCUT2D eigenvalue weighted by molar-refractivity contribution is 7.38. The average Bonchev–Trinajstić information content (AvgIpc) is 2.01. The second-order valence-electron chi connectivity index (χ2n) is 4.66. The fourth-order valence-corrected chi connectivity index (χ4v) is 2.15. The number of aliphatic hydroxyl groups excluding tert-OH is 1. The van der Waals surface area contributed by atoms with Crippen LogP contribution >= 0.6 is 8.60 Å². The lowest BCUT2D eigenvalue weighted by atomic mass is 9.75. The van der Waals surface area contributed by atoms with Crippen molar-refractivity contribution in [3.63, 3.8) is 0 Å². The van der Waals surface area contributed by atoms with Crippen LogP contribution in [-0.4, -0.2) is 25.9 Å². The molecular formula is C10H23O4P. The van der Waals surface area contributed by atoms with E-state index in [1.165, 1.54) is 12.8 Å². The van der Waals surface area contributed by atoms with E-state index >= 15 is 0 Å². The topological polar surface area (TPSA) is 80.9 Å². The van der Waals surface area contributed by atoms with E-state index in [9.17, 15) is 5.11 Å². The monoisotopic (exact) mass is 238 g/mol. The highest BCUT2D eigenvalue weighted by Crippen LogP contribution is 2.33. The zero-order valence-corrected chi connectivity index (χ0v) is 10.6. The largest absolute Gasteiger partial charge is 0.393 e. The Balaban J connectivity index is 0.000000423. The lowest BCUT2D eigenvalue weighted by Crippen LogP contribution is -2.31. The third-order valence-corrected chi connectivity index (χ3v) is 2.99. The molecule has 1 aliphatic rings. The standard InChI is InChI=1S/C10H20O.H3O3P/c1-7(2)9-5-4-8(3)6-10(9)11;1-4(2)3/h7-11H,4-6H2,1-3H3;1-3H. The maximum Gasteiger partial charge on any atom is 0.324 e. The van der Waals surface area contributed by atoms with Crippen molar-refractivity contribution >= 4 is 8.60 Å². The van der Waals surface area contributed by atoms with E-state index in [2.05, 4.69) is 20.8 Å². The van der Waals surface area contributed by atoms with Crippen LogP contribution in [0.1, 0.15) is 40.0 Å². The summed E-state index contributed by atoms with van der Waals surface area (Å²) >= 11 is 0. The molecule has 1 fully saturated rings. The lowest BCUT2D eigenvalue weighted by Gasteiger charge is -2.33. The first-order valence-electron chi connectivity index (χ1n) is 5.39. The van der Waals surface area contributed by atoms with Gasteiger partial charge < -0.3 is 19.8 Å². The molecule has 0 spiro atoms. The van der Waals surface area contributed by atoms with E-state index in [0.717, 1.165) is 12.3 Å². The Hall–Kier alpha value is 0.270. The van der Waals surface area contributed by atoms with Crippen molar-refractivity contribution in [2.45, 2.75) is 46.1 Å². The van der Waals surface area contributed by atoms with Gasteiger partial charge in [0.05, 0.1) is 6.10 Å². The van der Waals surface area contributed by atoms with Crippen LogP contribution in [0.4, 0.5) is 0 Å².